The number of unbranched alkanes of at least 4 members (excludes halogenated alkanes) is 1. The van der Waals surface area contributed by atoms with Crippen LogP contribution in [0.3, 0.4) is 0 Å². The molecule has 3 nitrogen and oxygen atoms in total. The zero-order chi connectivity index (χ0) is 12.1. The molecule has 96 valence electrons. The number of nitrogens with zero attached hydrogens (tertiary/aromatic N) is 1. The maximum atomic E-state index is 8.84. The number of aryl methyl sites for hydroxylation is 1. The fourth-order valence-electron chi connectivity index (χ4n) is 2.23. The number of aliphatic hydroxyl groups is 1. The van der Waals surface area contributed by atoms with Crippen LogP contribution in [0, 0.1) is 6.92 Å². The first-order chi connectivity index (χ1) is 8.31. The topological polar surface area (TPSA) is 36.6 Å². The molecule has 4 heteroatoms. The Hall–Kier alpha value is -0.450. The van der Waals surface area contributed by atoms with E-state index in [1.165, 1.54) is 5.75 Å². The van der Waals surface area contributed by atoms with Gasteiger partial charge in [-0.3, -0.25) is 4.90 Å². The molecule has 0 amide bonds. The lowest BCUT2D eigenvalue weighted by Crippen LogP contribution is -2.36. The Morgan fingerprint density at radius 1 is 1.47 bits per heavy atom. The molecule has 0 aliphatic carbocycles. The standard InChI is InChI=1S/C13H21NO2S/c1-11-4-5-13(16-11)12-10-17-9-7-14(12)6-2-3-8-15/h4-5,12,15H,2-3,6-10H2,1H3. The number of hydrogen-bond acceptors (Lipinski definition) is 4. The fraction of sp³-hybridized carbons (Fsp3) is 0.692. The summed E-state index contributed by atoms with van der Waals surface area (Å²) in [6.07, 6.45) is 1.96. The van der Waals surface area contributed by atoms with E-state index < -0.39 is 0 Å². The maximum Gasteiger partial charge on any atom is 0.122 e. The molecule has 0 saturated carbocycles. The maximum absolute atomic E-state index is 8.84. The average Bonchev–Trinajstić information content (AvgIpc) is 2.77. The van der Waals surface area contributed by atoms with Crippen molar-refractivity contribution in [3.05, 3.63) is 23.7 Å². The summed E-state index contributed by atoms with van der Waals surface area (Å²) in [4.78, 5) is 2.49. The van der Waals surface area contributed by atoms with E-state index in [1.54, 1.807) is 0 Å². The summed E-state index contributed by atoms with van der Waals surface area (Å²) in [5, 5.41) is 8.84. The van der Waals surface area contributed by atoms with Crippen molar-refractivity contribution in [3.8, 4) is 0 Å². The van der Waals surface area contributed by atoms with Crippen LogP contribution >= 0.6 is 11.8 Å². The highest BCUT2D eigenvalue weighted by Crippen LogP contribution is 2.30. The molecular weight excluding hydrogens is 234 g/mol. The third kappa shape index (κ3) is 3.50. The van der Waals surface area contributed by atoms with E-state index in [1.807, 2.05) is 24.8 Å². The molecule has 0 bridgehead atoms. The highest BCUT2D eigenvalue weighted by atomic mass is 32.2. The lowest BCUT2D eigenvalue weighted by Gasteiger charge is -2.34. The van der Waals surface area contributed by atoms with Crippen LogP contribution in [0.2, 0.25) is 0 Å². The normalized spacial score (nSPS) is 21.9. The molecule has 1 saturated heterocycles. The van der Waals surface area contributed by atoms with Crippen molar-refractivity contribution in [2.24, 2.45) is 0 Å². The zero-order valence-electron chi connectivity index (χ0n) is 10.4. The first-order valence-corrected chi connectivity index (χ1v) is 7.45. The second-order valence-corrected chi connectivity index (χ2v) is 5.66. The van der Waals surface area contributed by atoms with Crippen molar-refractivity contribution in [1.29, 1.82) is 0 Å². The van der Waals surface area contributed by atoms with Crippen molar-refractivity contribution in [1.82, 2.24) is 4.90 Å². The quantitative estimate of drug-likeness (QED) is 0.820. The lowest BCUT2D eigenvalue weighted by atomic mass is 10.2. The van der Waals surface area contributed by atoms with Crippen molar-refractivity contribution in [2.45, 2.75) is 25.8 Å². The van der Waals surface area contributed by atoms with E-state index in [4.69, 9.17) is 9.52 Å². The van der Waals surface area contributed by atoms with Crippen LogP contribution in [0.15, 0.2) is 16.5 Å². The lowest BCUT2D eigenvalue weighted by molar-refractivity contribution is 0.184. The summed E-state index contributed by atoms with van der Waals surface area (Å²) in [6, 6.07) is 4.56. The number of hydrogen-bond donors (Lipinski definition) is 1. The van der Waals surface area contributed by atoms with Gasteiger partial charge in [0, 0.05) is 24.7 Å². The summed E-state index contributed by atoms with van der Waals surface area (Å²) in [5.74, 6) is 4.41. The molecule has 1 aliphatic rings. The Balaban J connectivity index is 1.96. The van der Waals surface area contributed by atoms with Gasteiger partial charge in [-0.15, -0.1) is 0 Å². The Bertz CT molecular complexity index is 340. The van der Waals surface area contributed by atoms with Gasteiger partial charge in [-0.05, 0) is 38.4 Å². The second-order valence-electron chi connectivity index (χ2n) is 4.51. The Morgan fingerprint density at radius 3 is 3.06 bits per heavy atom. The van der Waals surface area contributed by atoms with Gasteiger partial charge >= 0.3 is 0 Å². The Morgan fingerprint density at radius 2 is 2.35 bits per heavy atom. The van der Waals surface area contributed by atoms with Crippen molar-refractivity contribution in [3.63, 3.8) is 0 Å². The first-order valence-electron chi connectivity index (χ1n) is 6.30. The van der Waals surface area contributed by atoms with Gasteiger partial charge in [0.2, 0.25) is 0 Å². The zero-order valence-corrected chi connectivity index (χ0v) is 11.2. The van der Waals surface area contributed by atoms with Crippen LogP contribution in [-0.2, 0) is 0 Å². The first kappa shape index (κ1) is 13.0. The SMILES string of the molecule is Cc1ccc(C2CSCCN2CCCCO)o1. The highest BCUT2D eigenvalue weighted by Gasteiger charge is 2.26. The molecule has 1 aromatic rings. The van der Waals surface area contributed by atoms with Gasteiger partial charge in [-0.2, -0.15) is 11.8 Å². The molecule has 2 heterocycles. The number of aliphatic hydroxyl groups excluding tert-OH is 1. The van der Waals surface area contributed by atoms with Gasteiger partial charge in [0.15, 0.2) is 0 Å². The summed E-state index contributed by atoms with van der Waals surface area (Å²) in [6.45, 7) is 4.48. The van der Waals surface area contributed by atoms with Gasteiger partial charge in [0.1, 0.15) is 11.5 Å². The van der Waals surface area contributed by atoms with Crippen LogP contribution in [-0.4, -0.2) is 41.2 Å². The number of furan rings is 1. The average molecular weight is 255 g/mol. The fourth-order valence-corrected chi connectivity index (χ4v) is 3.36. The number of rotatable bonds is 5. The van der Waals surface area contributed by atoms with Gasteiger partial charge in [-0.25, -0.2) is 0 Å². The Kier molecular flexibility index (Phi) is 4.95. The van der Waals surface area contributed by atoms with Crippen molar-refractivity contribution in [2.75, 3.05) is 31.2 Å². The molecule has 1 atom stereocenters. The third-order valence-electron chi connectivity index (χ3n) is 3.18. The monoisotopic (exact) mass is 255 g/mol. The largest absolute Gasteiger partial charge is 0.465 e. The molecular formula is C13H21NO2S. The second kappa shape index (κ2) is 6.47. The number of thioether (sulfide) groups is 1. The minimum absolute atomic E-state index is 0.299. The van der Waals surface area contributed by atoms with Crippen LogP contribution in [0.5, 0.6) is 0 Å². The van der Waals surface area contributed by atoms with E-state index in [2.05, 4.69) is 11.0 Å². The molecule has 0 radical (unpaired) electrons. The summed E-state index contributed by atoms with van der Waals surface area (Å²) < 4.78 is 5.76. The summed E-state index contributed by atoms with van der Waals surface area (Å²) in [5.41, 5.74) is 0. The molecule has 1 aliphatic heterocycles. The predicted octanol–water partition coefficient (Wildman–Crippen LogP) is 2.45. The van der Waals surface area contributed by atoms with Gasteiger partial charge < -0.3 is 9.52 Å². The van der Waals surface area contributed by atoms with E-state index in [0.717, 1.165) is 43.2 Å². The molecule has 1 aromatic heterocycles. The molecule has 1 N–H and O–H groups in total. The van der Waals surface area contributed by atoms with Gasteiger partial charge in [0.05, 0.1) is 6.04 Å². The predicted molar refractivity (Wildman–Crippen MR) is 71.4 cm³/mol. The highest BCUT2D eigenvalue weighted by molar-refractivity contribution is 7.99. The van der Waals surface area contributed by atoms with Crippen LogP contribution in [0.25, 0.3) is 0 Å². The van der Waals surface area contributed by atoms with Crippen LogP contribution in [0.1, 0.15) is 30.4 Å². The smallest absolute Gasteiger partial charge is 0.122 e. The third-order valence-corrected chi connectivity index (χ3v) is 4.21. The molecule has 2 rings (SSSR count). The van der Waals surface area contributed by atoms with Crippen molar-refractivity contribution < 1.29 is 9.52 Å². The van der Waals surface area contributed by atoms with Crippen LogP contribution < -0.4 is 0 Å². The van der Waals surface area contributed by atoms with Gasteiger partial charge in [-0.1, -0.05) is 0 Å². The van der Waals surface area contributed by atoms with Crippen molar-refractivity contribution >= 4 is 11.8 Å². The molecule has 1 unspecified atom stereocenters. The van der Waals surface area contributed by atoms with E-state index >= 15 is 0 Å². The Labute approximate surface area is 107 Å². The molecule has 17 heavy (non-hydrogen) atoms. The minimum Gasteiger partial charge on any atom is -0.465 e. The summed E-state index contributed by atoms with van der Waals surface area (Å²) in [7, 11) is 0. The summed E-state index contributed by atoms with van der Waals surface area (Å²) >= 11 is 2.00. The molecule has 0 aromatic carbocycles. The van der Waals surface area contributed by atoms with Crippen LogP contribution in [0.4, 0.5) is 0 Å². The minimum atomic E-state index is 0.299. The molecule has 0 spiro atoms. The molecule has 1 fully saturated rings. The van der Waals surface area contributed by atoms with Gasteiger partial charge in [0.25, 0.3) is 0 Å². The van der Waals surface area contributed by atoms with E-state index in [0.29, 0.717) is 12.6 Å². The van der Waals surface area contributed by atoms with E-state index in [9.17, 15) is 0 Å². The van der Waals surface area contributed by atoms with E-state index in [-0.39, 0.29) is 0 Å².